The van der Waals surface area contributed by atoms with E-state index in [1.165, 1.54) is 4.90 Å². The van der Waals surface area contributed by atoms with Gasteiger partial charge in [-0.3, -0.25) is 4.79 Å². The van der Waals surface area contributed by atoms with Crippen molar-refractivity contribution in [1.29, 1.82) is 0 Å². The van der Waals surface area contributed by atoms with Crippen LogP contribution in [0.2, 0.25) is 0 Å². The fourth-order valence-electron chi connectivity index (χ4n) is 2.28. The molecule has 1 amide bonds. The summed E-state index contributed by atoms with van der Waals surface area (Å²) in [7, 11) is 0. The van der Waals surface area contributed by atoms with E-state index in [0.29, 0.717) is 19.5 Å². The predicted octanol–water partition coefficient (Wildman–Crippen LogP) is 2.08. The Kier molecular flexibility index (Phi) is 4.06. The van der Waals surface area contributed by atoms with Gasteiger partial charge in [-0.2, -0.15) is 0 Å². The van der Waals surface area contributed by atoms with Gasteiger partial charge in [0.2, 0.25) is 11.9 Å². The molecule has 0 bridgehead atoms. The fraction of sp³-hybridized carbons (Fsp3) is 0.267. The van der Waals surface area contributed by atoms with Gasteiger partial charge in [0.05, 0.1) is 12.2 Å². The van der Waals surface area contributed by atoms with Crippen LogP contribution in [0, 0.1) is 0 Å². The number of aromatic nitrogens is 2. The molecule has 0 aliphatic carbocycles. The number of amides is 1. The second kappa shape index (κ2) is 6.13. The number of hydrogen-bond acceptors (Lipinski definition) is 5. The van der Waals surface area contributed by atoms with Crippen LogP contribution in [0.25, 0.3) is 0 Å². The van der Waals surface area contributed by atoms with Crippen LogP contribution in [0.1, 0.15) is 17.7 Å². The Labute approximate surface area is 127 Å². The number of fused-ring (bicyclic) bond motifs is 1. The molecular formula is C15H16N4OS. The molecule has 1 aliphatic rings. The second-order valence-electron chi connectivity index (χ2n) is 4.86. The number of anilines is 1. The SMILES string of the molecule is Nc1ncc2c(n1)CN(C(=O)CCSc1ccccc1)C2. The number of benzene rings is 1. The van der Waals surface area contributed by atoms with E-state index in [1.54, 1.807) is 18.0 Å². The van der Waals surface area contributed by atoms with Crippen molar-refractivity contribution in [2.75, 3.05) is 11.5 Å². The van der Waals surface area contributed by atoms with E-state index in [-0.39, 0.29) is 11.9 Å². The Morgan fingerprint density at radius 2 is 2.10 bits per heavy atom. The van der Waals surface area contributed by atoms with Crippen molar-refractivity contribution in [2.24, 2.45) is 0 Å². The van der Waals surface area contributed by atoms with E-state index in [4.69, 9.17) is 5.73 Å². The van der Waals surface area contributed by atoms with Crippen molar-refractivity contribution in [1.82, 2.24) is 14.9 Å². The molecule has 6 heteroatoms. The highest BCUT2D eigenvalue weighted by Crippen LogP contribution is 2.23. The summed E-state index contributed by atoms with van der Waals surface area (Å²) in [6.45, 7) is 1.13. The molecule has 3 rings (SSSR count). The van der Waals surface area contributed by atoms with Crippen molar-refractivity contribution < 1.29 is 4.79 Å². The van der Waals surface area contributed by atoms with E-state index in [0.717, 1.165) is 17.0 Å². The summed E-state index contributed by atoms with van der Waals surface area (Å²) in [5, 5.41) is 0. The van der Waals surface area contributed by atoms with E-state index < -0.39 is 0 Å². The molecule has 0 spiro atoms. The van der Waals surface area contributed by atoms with Crippen LogP contribution in [-0.4, -0.2) is 26.5 Å². The predicted molar refractivity (Wildman–Crippen MR) is 82.5 cm³/mol. The lowest BCUT2D eigenvalue weighted by Gasteiger charge is -2.14. The summed E-state index contributed by atoms with van der Waals surface area (Å²) in [6, 6.07) is 10.1. The van der Waals surface area contributed by atoms with Crippen molar-refractivity contribution in [3.05, 3.63) is 47.8 Å². The Morgan fingerprint density at radius 3 is 2.90 bits per heavy atom. The van der Waals surface area contributed by atoms with E-state index in [9.17, 15) is 4.79 Å². The monoisotopic (exact) mass is 300 g/mol. The molecule has 0 radical (unpaired) electrons. The Hall–Kier alpha value is -2.08. The van der Waals surface area contributed by atoms with Gasteiger partial charge in [0.25, 0.3) is 0 Å². The first-order chi connectivity index (χ1) is 10.2. The number of nitrogens with zero attached hydrogens (tertiary/aromatic N) is 3. The minimum atomic E-state index is 0.148. The Bertz CT molecular complexity index is 647. The zero-order valence-corrected chi connectivity index (χ0v) is 12.3. The number of carbonyl (C=O) groups is 1. The largest absolute Gasteiger partial charge is 0.368 e. The van der Waals surface area contributed by atoms with Gasteiger partial charge in [0.15, 0.2) is 0 Å². The molecule has 0 fully saturated rings. The molecule has 1 aromatic heterocycles. The average Bonchev–Trinajstić information content (AvgIpc) is 2.91. The quantitative estimate of drug-likeness (QED) is 0.875. The first-order valence-corrected chi connectivity index (χ1v) is 7.77. The van der Waals surface area contributed by atoms with Crippen LogP contribution in [0.4, 0.5) is 5.95 Å². The first kappa shape index (κ1) is 13.9. The standard InChI is InChI=1S/C15H16N4OS/c16-15-17-8-11-9-19(10-13(11)18-15)14(20)6-7-21-12-4-2-1-3-5-12/h1-5,8H,6-7,9-10H2,(H2,16,17,18). The summed E-state index contributed by atoms with van der Waals surface area (Å²) in [5.41, 5.74) is 7.43. The number of nitrogens with two attached hydrogens (primary N) is 1. The van der Waals surface area contributed by atoms with E-state index in [2.05, 4.69) is 22.1 Å². The molecule has 2 heterocycles. The lowest BCUT2D eigenvalue weighted by Crippen LogP contribution is -2.25. The maximum atomic E-state index is 12.2. The van der Waals surface area contributed by atoms with Crippen molar-refractivity contribution in [3.8, 4) is 0 Å². The van der Waals surface area contributed by atoms with Gasteiger partial charge in [-0.25, -0.2) is 9.97 Å². The van der Waals surface area contributed by atoms with Crippen molar-refractivity contribution >= 4 is 23.6 Å². The highest BCUT2D eigenvalue weighted by molar-refractivity contribution is 7.99. The smallest absolute Gasteiger partial charge is 0.224 e. The number of thioether (sulfide) groups is 1. The molecule has 1 aromatic carbocycles. The molecule has 2 N–H and O–H groups in total. The van der Waals surface area contributed by atoms with E-state index in [1.807, 2.05) is 23.1 Å². The molecule has 5 nitrogen and oxygen atoms in total. The maximum absolute atomic E-state index is 12.2. The number of nitrogen functional groups attached to an aromatic ring is 1. The molecule has 108 valence electrons. The van der Waals surface area contributed by atoms with Crippen LogP contribution >= 0.6 is 11.8 Å². The Morgan fingerprint density at radius 1 is 1.29 bits per heavy atom. The third-order valence-corrected chi connectivity index (χ3v) is 4.37. The molecule has 21 heavy (non-hydrogen) atoms. The number of carbonyl (C=O) groups excluding carboxylic acids is 1. The summed E-state index contributed by atoms with van der Waals surface area (Å²) < 4.78 is 0. The normalized spacial score (nSPS) is 13.2. The minimum absolute atomic E-state index is 0.148. The van der Waals surface area contributed by atoms with Crippen LogP contribution < -0.4 is 5.73 Å². The van der Waals surface area contributed by atoms with E-state index >= 15 is 0 Å². The lowest BCUT2D eigenvalue weighted by molar-refractivity contribution is -0.131. The third-order valence-electron chi connectivity index (χ3n) is 3.36. The van der Waals surface area contributed by atoms with Crippen LogP contribution in [-0.2, 0) is 17.9 Å². The molecule has 0 unspecified atom stereocenters. The fourth-order valence-corrected chi connectivity index (χ4v) is 3.14. The number of hydrogen-bond donors (Lipinski definition) is 1. The Balaban J connectivity index is 1.51. The van der Waals surface area contributed by atoms with Gasteiger partial charge in [0.1, 0.15) is 0 Å². The van der Waals surface area contributed by atoms with Gasteiger partial charge in [-0.15, -0.1) is 11.8 Å². The molecule has 2 aromatic rings. The second-order valence-corrected chi connectivity index (χ2v) is 6.03. The lowest BCUT2D eigenvalue weighted by atomic mass is 10.3. The van der Waals surface area contributed by atoms with Gasteiger partial charge in [-0.1, -0.05) is 18.2 Å². The summed E-state index contributed by atoms with van der Waals surface area (Å²) in [5.74, 6) is 1.20. The zero-order chi connectivity index (χ0) is 14.7. The summed E-state index contributed by atoms with van der Waals surface area (Å²) in [6.07, 6.45) is 2.24. The van der Waals surface area contributed by atoms with Crippen molar-refractivity contribution in [2.45, 2.75) is 24.4 Å². The van der Waals surface area contributed by atoms with Gasteiger partial charge in [0, 0.05) is 35.4 Å². The topological polar surface area (TPSA) is 72.1 Å². The summed E-state index contributed by atoms with van der Waals surface area (Å²) >= 11 is 1.70. The van der Waals surface area contributed by atoms with Crippen LogP contribution in [0.15, 0.2) is 41.4 Å². The van der Waals surface area contributed by atoms with Gasteiger partial charge < -0.3 is 10.6 Å². The van der Waals surface area contributed by atoms with Gasteiger partial charge >= 0.3 is 0 Å². The van der Waals surface area contributed by atoms with Crippen LogP contribution in [0.5, 0.6) is 0 Å². The van der Waals surface area contributed by atoms with Gasteiger partial charge in [-0.05, 0) is 12.1 Å². The molecular weight excluding hydrogens is 284 g/mol. The highest BCUT2D eigenvalue weighted by atomic mass is 32.2. The van der Waals surface area contributed by atoms with Crippen molar-refractivity contribution in [3.63, 3.8) is 0 Å². The minimum Gasteiger partial charge on any atom is -0.368 e. The zero-order valence-electron chi connectivity index (χ0n) is 11.5. The average molecular weight is 300 g/mol. The molecule has 1 aliphatic heterocycles. The molecule has 0 atom stereocenters. The summed E-state index contributed by atoms with van der Waals surface area (Å²) in [4.78, 5) is 23.4. The maximum Gasteiger partial charge on any atom is 0.224 e. The third kappa shape index (κ3) is 3.33. The number of rotatable bonds is 4. The first-order valence-electron chi connectivity index (χ1n) is 6.78. The molecule has 0 saturated carbocycles. The molecule has 0 saturated heterocycles. The highest BCUT2D eigenvalue weighted by Gasteiger charge is 2.24. The van der Waals surface area contributed by atoms with Crippen LogP contribution in [0.3, 0.4) is 0 Å².